The first-order valence-corrected chi connectivity index (χ1v) is 7.70. The molecule has 0 bridgehead atoms. The van der Waals surface area contributed by atoms with Gasteiger partial charge in [0, 0.05) is 12.2 Å². The molecule has 3 nitrogen and oxygen atoms in total. The van der Waals surface area contributed by atoms with Gasteiger partial charge in [0.05, 0.1) is 17.7 Å². The van der Waals surface area contributed by atoms with E-state index >= 15 is 0 Å². The van der Waals surface area contributed by atoms with Crippen LogP contribution in [0.5, 0.6) is 0 Å². The van der Waals surface area contributed by atoms with Gasteiger partial charge in [0.25, 0.3) is 0 Å². The van der Waals surface area contributed by atoms with Crippen molar-refractivity contribution in [1.82, 2.24) is 5.32 Å². The normalized spacial score (nSPS) is 11.2. The maximum Gasteiger partial charge on any atom is 0.135 e. The summed E-state index contributed by atoms with van der Waals surface area (Å²) in [5.41, 5.74) is 0.927. The van der Waals surface area contributed by atoms with E-state index in [1.807, 2.05) is 50.2 Å². The highest BCUT2D eigenvalue weighted by Crippen LogP contribution is 2.28. The zero-order valence-electron chi connectivity index (χ0n) is 12.6. The third kappa shape index (κ3) is 5.20. The van der Waals surface area contributed by atoms with Gasteiger partial charge in [0.2, 0.25) is 0 Å². The van der Waals surface area contributed by atoms with Crippen LogP contribution in [0.3, 0.4) is 0 Å². The first-order chi connectivity index (χ1) is 10.2. The minimum Gasteiger partial charge on any atom is -0.460 e. The van der Waals surface area contributed by atoms with E-state index < -0.39 is 0 Å². The molecule has 1 aromatic carbocycles. The van der Waals surface area contributed by atoms with Crippen molar-refractivity contribution in [3.63, 3.8) is 0 Å². The first kappa shape index (κ1) is 16.1. The molecule has 0 aliphatic heterocycles. The molecule has 0 aliphatic carbocycles. The molecular weight excluding hydrogens is 286 g/mol. The zero-order chi connectivity index (χ0) is 15.1. The van der Waals surface area contributed by atoms with E-state index in [-0.39, 0.29) is 0 Å². The molecule has 1 aromatic heterocycles. The van der Waals surface area contributed by atoms with Gasteiger partial charge < -0.3 is 14.5 Å². The van der Waals surface area contributed by atoms with Gasteiger partial charge in [-0.25, -0.2) is 0 Å². The number of rotatable bonds is 8. The number of ether oxygens (including phenoxy) is 1. The Morgan fingerprint density at radius 1 is 1.19 bits per heavy atom. The minimum absolute atomic E-state index is 0.299. The molecule has 4 heteroatoms. The molecule has 114 valence electrons. The molecule has 0 fully saturated rings. The van der Waals surface area contributed by atoms with E-state index in [0.29, 0.717) is 17.7 Å². The number of benzene rings is 1. The lowest BCUT2D eigenvalue weighted by atomic mass is 10.2. The van der Waals surface area contributed by atoms with Gasteiger partial charge in [-0.05, 0) is 51.1 Å². The fourth-order valence-electron chi connectivity index (χ4n) is 2.01. The summed E-state index contributed by atoms with van der Waals surface area (Å²) >= 11 is 6.17. The summed E-state index contributed by atoms with van der Waals surface area (Å²) in [6.45, 7) is 6.51. The Hall–Kier alpha value is -1.29. The summed E-state index contributed by atoms with van der Waals surface area (Å²) in [6.07, 6.45) is 1.30. The van der Waals surface area contributed by atoms with Crippen molar-refractivity contribution in [2.24, 2.45) is 0 Å². The van der Waals surface area contributed by atoms with E-state index in [9.17, 15) is 0 Å². The predicted molar refractivity (Wildman–Crippen MR) is 86.6 cm³/mol. The molecule has 0 radical (unpaired) electrons. The summed E-state index contributed by atoms with van der Waals surface area (Å²) in [6, 6.07) is 11.6. The van der Waals surface area contributed by atoms with Crippen LogP contribution in [0.15, 0.2) is 40.8 Å². The van der Waals surface area contributed by atoms with Gasteiger partial charge in [-0.2, -0.15) is 0 Å². The van der Waals surface area contributed by atoms with Gasteiger partial charge in [0.15, 0.2) is 0 Å². The van der Waals surface area contributed by atoms with Gasteiger partial charge in [0.1, 0.15) is 11.5 Å². The Balaban J connectivity index is 1.78. The molecule has 0 spiro atoms. The molecule has 21 heavy (non-hydrogen) atoms. The molecule has 0 saturated carbocycles. The van der Waals surface area contributed by atoms with Crippen LogP contribution in [0.4, 0.5) is 0 Å². The van der Waals surface area contributed by atoms with E-state index in [1.165, 1.54) is 0 Å². The molecule has 0 saturated heterocycles. The Bertz CT molecular complexity index is 551. The molecule has 0 atom stereocenters. The van der Waals surface area contributed by atoms with Crippen molar-refractivity contribution >= 4 is 11.6 Å². The van der Waals surface area contributed by atoms with Crippen molar-refractivity contribution < 1.29 is 9.15 Å². The van der Waals surface area contributed by atoms with Crippen LogP contribution in [0.1, 0.15) is 26.0 Å². The van der Waals surface area contributed by atoms with Crippen LogP contribution in [0.25, 0.3) is 11.3 Å². The largest absolute Gasteiger partial charge is 0.460 e. The second-order valence-electron chi connectivity index (χ2n) is 5.20. The molecule has 1 heterocycles. The second kappa shape index (κ2) is 8.23. The van der Waals surface area contributed by atoms with Crippen molar-refractivity contribution in [3.8, 4) is 11.3 Å². The van der Waals surface area contributed by atoms with E-state index in [2.05, 4.69) is 5.32 Å². The minimum atomic E-state index is 0.299. The average Bonchev–Trinajstić information content (AvgIpc) is 2.91. The van der Waals surface area contributed by atoms with Crippen LogP contribution in [-0.2, 0) is 11.3 Å². The Labute approximate surface area is 131 Å². The lowest BCUT2D eigenvalue weighted by Crippen LogP contribution is -2.17. The monoisotopic (exact) mass is 307 g/mol. The molecule has 0 aliphatic rings. The van der Waals surface area contributed by atoms with Crippen molar-refractivity contribution in [2.45, 2.75) is 32.9 Å². The average molecular weight is 308 g/mol. The van der Waals surface area contributed by atoms with Crippen LogP contribution in [-0.4, -0.2) is 19.3 Å². The second-order valence-corrected chi connectivity index (χ2v) is 5.60. The fourth-order valence-corrected chi connectivity index (χ4v) is 2.24. The SMILES string of the molecule is CC(C)OCCCNCc1ccc(-c2ccccc2Cl)o1. The highest BCUT2D eigenvalue weighted by molar-refractivity contribution is 6.33. The standard InChI is InChI=1S/C17H22ClNO2/c1-13(2)20-11-5-10-19-12-14-8-9-17(21-14)15-6-3-4-7-16(15)18/h3-4,6-9,13,19H,5,10-12H2,1-2H3. The van der Waals surface area contributed by atoms with Crippen molar-refractivity contribution in [2.75, 3.05) is 13.2 Å². The number of hydrogen-bond donors (Lipinski definition) is 1. The van der Waals surface area contributed by atoms with Gasteiger partial charge in [-0.1, -0.05) is 23.7 Å². The molecule has 1 N–H and O–H groups in total. The lowest BCUT2D eigenvalue weighted by Gasteiger charge is -2.07. The third-order valence-electron chi connectivity index (χ3n) is 3.05. The number of hydrogen-bond acceptors (Lipinski definition) is 3. The number of furan rings is 1. The molecular formula is C17H22ClNO2. The van der Waals surface area contributed by atoms with Crippen LogP contribution < -0.4 is 5.32 Å². The smallest absolute Gasteiger partial charge is 0.135 e. The maximum atomic E-state index is 6.17. The van der Waals surface area contributed by atoms with Crippen LogP contribution in [0, 0.1) is 0 Å². The highest BCUT2D eigenvalue weighted by Gasteiger charge is 2.07. The summed E-state index contributed by atoms with van der Waals surface area (Å²) in [4.78, 5) is 0. The molecule has 0 unspecified atom stereocenters. The van der Waals surface area contributed by atoms with Crippen molar-refractivity contribution in [3.05, 3.63) is 47.2 Å². The summed E-state index contributed by atoms with van der Waals surface area (Å²) < 4.78 is 11.3. The lowest BCUT2D eigenvalue weighted by molar-refractivity contribution is 0.0770. The maximum absolute atomic E-state index is 6.17. The summed E-state index contributed by atoms with van der Waals surface area (Å²) in [5, 5.41) is 4.05. The van der Waals surface area contributed by atoms with Crippen LogP contribution in [0.2, 0.25) is 5.02 Å². The zero-order valence-corrected chi connectivity index (χ0v) is 13.3. The molecule has 0 amide bonds. The molecule has 2 rings (SSSR count). The Morgan fingerprint density at radius 3 is 2.76 bits per heavy atom. The van der Waals surface area contributed by atoms with Gasteiger partial charge >= 0.3 is 0 Å². The first-order valence-electron chi connectivity index (χ1n) is 7.33. The number of nitrogens with one attached hydrogen (secondary N) is 1. The highest BCUT2D eigenvalue weighted by atomic mass is 35.5. The predicted octanol–water partition coefficient (Wildman–Crippen LogP) is 4.50. The topological polar surface area (TPSA) is 34.4 Å². The third-order valence-corrected chi connectivity index (χ3v) is 3.38. The Kier molecular flexibility index (Phi) is 6.30. The summed E-state index contributed by atoms with van der Waals surface area (Å²) in [5.74, 6) is 1.72. The number of halogens is 1. The fraction of sp³-hybridized carbons (Fsp3) is 0.412. The molecule has 2 aromatic rings. The quantitative estimate of drug-likeness (QED) is 0.729. The van der Waals surface area contributed by atoms with E-state index in [1.54, 1.807) is 0 Å². The van der Waals surface area contributed by atoms with E-state index in [4.69, 9.17) is 20.8 Å². The van der Waals surface area contributed by atoms with Gasteiger partial charge in [-0.15, -0.1) is 0 Å². The van der Waals surface area contributed by atoms with Crippen molar-refractivity contribution in [1.29, 1.82) is 0 Å². The Morgan fingerprint density at radius 2 is 2.00 bits per heavy atom. The van der Waals surface area contributed by atoms with Crippen LogP contribution >= 0.6 is 11.6 Å². The van der Waals surface area contributed by atoms with Gasteiger partial charge in [-0.3, -0.25) is 0 Å². The summed E-state index contributed by atoms with van der Waals surface area (Å²) in [7, 11) is 0. The van der Waals surface area contributed by atoms with E-state index in [0.717, 1.165) is 36.7 Å².